The van der Waals surface area contributed by atoms with Crippen molar-refractivity contribution in [3.05, 3.63) is 25.3 Å². The minimum absolute atomic E-state index is 0.0810. The first-order valence-corrected chi connectivity index (χ1v) is 3.21. The zero-order valence-corrected chi connectivity index (χ0v) is 6.45. The van der Waals surface area contributed by atoms with Crippen molar-refractivity contribution in [2.75, 3.05) is 6.61 Å². The largest absolute Gasteiger partial charge is 0.396 e. The molecule has 0 rings (SSSR count). The fraction of sp³-hybridized carbons (Fsp3) is 0.500. The van der Waals surface area contributed by atoms with Gasteiger partial charge in [0.25, 0.3) is 0 Å². The zero-order chi connectivity index (χ0) is 8.41. The van der Waals surface area contributed by atoms with Crippen LogP contribution in [0.15, 0.2) is 25.3 Å². The normalized spacial score (nSPS) is 10.7. The first kappa shape index (κ1) is 12.1. The quantitative estimate of drug-likeness (QED) is 0.582. The number of rotatable bonds is 3. The Balaban J connectivity index is 0. The van der Waals surface area contributed by atoms with Gasteiger partial charge in [0.1, 0.15) is 0 Å². The van der Waals surface area contributed by atoms with E-state index in [1.54, 1.807) is 19.1 Å². The topological polar surface area (TPSA) is 40.5 Å². The summed E-state index contributed by atoms with van der Waals surface area (Å²) < 4.78 is 0. The Bertz CT molecular complexity index is 71.3. The first-order valence-electron chi connectivity index (χ1n) is 3.21. The summed E-state index contributed by atoms with van der Waals surface area (Å²) in [6.45, 7) is 8.45. The van der Waals surface area contributed by atoms with E-state index in [2.05, 4.69) is 13.2 Å². The van der Waals surface area contributed by atoms with Gasteiger partial charge in [-0.1, -0.05) is 25.3 Å². The molecular weight excluding hydrogens is 128 g/mol. The molecule has 0 aliphatic rings. The van der Waals surface area contributed by atoms with Gasteiger partial charge < -0.3 is 10.2 Å². The molecule has 0 aromatic rings. The van der Waals surface area contributed by atoms with Crippen LogP contribution >= 0.6 is 0 Å². The van der Waals surface area contributed by atoms with Gasteiger partial charge in [-0.2, -0.15) is 0 Å². The van der Waals surface area contributed by atoms with Crippen LogP contribution in [0.2, 0.25) is 0 Å². The van der Waals surface area contributed by atoms with Crippen molar-refractivity contribution in [3.63, 3.8) is 0 Å². The maximum atomic E-state index is 8.39. The summed E-state index contributed by atoms with van der Waals surface area (Å²) in [5.74, 6) is 0. The summed E-state index contributed by atoms with van der Waals surface area (Å²) in [4.78, 5) is 0. The van der Waals surface area contributed by atoms with Crippen molar-refractivity contribution in [2.24, 2.45) is 0 Å². The highest BCUT2D eigenvalue weighted by Crippen LogP contribution is 1.83. The summed E-state index contributed by atoms with van der Waals surface area (Å²) in [6.07, 6.45) is 3.41. The Morgan fingerprint density at radius 2 is 1.80 bits per heavy atom. The molecule has 1 unspecified atom stereocenters. The number of hydrogen-bond acceptors (Lipinski definition) is 2. The van der Waals surface area contributed by atoms with E-state index in [-0.39, 0.29) is 12.7 Å². The lowest BCUT2D eigenvalue weighted by molar-refractivity contribution is 0.148. The molecule has 0 aliphatic carbocycles. The SMILES string of the molecule is C=CC=C.CC(O)CCO. The van der Waals surface area contributed by atoms with Crippen LogP contribution in [0.5, 0.6) is 0 Å². The van der Waals surface area contributed by atoms with Crippen LogP contribution in [0, 0.1) is 0 Å². The maximum absolute atomic E-state index is 8.39. The molecule has 2 N–H and O–H groups in total. The summed E-state index contributed by atoms with van der Waals surface area (Å²) >= 11 is 0. The lowest BCUT2D eigenvalue weighted by Gasteiger charge is -1.95. The molecule has 0 aromatic carbocycles. The van der Waals surface area contributed by atoms with Crippen LogP contribution in [-0.4, -0.2) is 22.9 Å². The molecule has 0 heterocycles. The molecule has 0 saturated heterocycles. The molecule has 0 aromatic heterocycles. The van der Waals surface area contributed by atoms with Crippen LogP contribution < -0.4 is 0 Å². The van der Waals surface area contributed by atoms with Crippen LogP contribution in [-0.2, 0) is 0 Å². The van der Waals surface area contributed by atoms with E-state index >= 15 is 0 Å². The third-order valence-electron chi connectivity index (χ3n) is 0.714. The molecule has 0 spiro atoms. The highest BCUT2D eigenvalue weighted by molar-refractivity contribution is 4.88. The Labute approximate surface area is 62.5 Å². The van der Waals surface area contributed by atoms with Gasteiger partial charge in [0.05, 0.1) is 6.10 Å². The average molecular weight is 144 g/mol. The smallest absolute Gasteiger partial charge is 0.0533 e. The highest BCUT2D eigenvalue weighted by atomic mass is 16.3. The summed E-state index contributed by atoms with van der Waals surface area (Å²) in [7, 11) is 0. The second kappa shape index (κ2) is 11.2. The molecule has 0 amide bonds. The van der Waals surface area contributed by atoms with Crippen molar-refractivity contribution in [2.45, 2.75) is 19.4 Å². The minimum Gasteiger partial charge on any atom is -0.396 e. The monoisotopic (exact) mass is 144 g/mol. The lowest BCUT2D eigenvalue weighted by Crippen LogP contribution is -2.00. The molecule has 0 radical (unpaired) electrons. The number of hydrogen-bond donors (Lipinski definition) is 2. The molecule has 10 heavy (non-hydrogen) atoms. The van der Waals surface area contributed by atoms with Gasteiger partial charge in [-0.25, -0.2) is 0 Å². The van der Waals surface area contributed by atoms with Gasteiger partial charge >= 0.3 is 0 Å². The molecule has 60 valence electrons. The third-order valence-corrected chi connectivity index (χ3v) is 0.714. The van der Waals surface area contributed by atoms with Gasteiger partial charge in [-0.15, -0.1) is 0 Å². The Kier molecular flexibility index (Phi) is 13.6. The first-order chi connectivity index (χ1) is 4.68. The molecule has 0 bridgehead atoms. The highest BCUT2D eigenvalue weighted by Gasteiger charge is 1.88. The van der Waals surface area contributed by atoms with Crippen LogP contribution in [0.4, 0.5) is 0 Å². The van der Waals surface area contributed by atoms with Gasteiger partial charge in [0.15, 0.2) is 0 Å². The van der Waals surface area contributed by atoms with Gasteiger partial charge in [-0.05, 0) is 13.3 Å². The van der Waals surface area contributed by atoms with E-state index in [0.717, 1.165) is 0 Å². The van der Waals surface area contributed by atoms with Crippen molar-refractivity contribution < 1.29 is 10.2 Å². The van der Waals surface area contributed by atoms with E-state index in [1.165, 1.54) is 0 Å². The summed E-state index contributed by atoms with van der Waals surface area (Å²) in [6, 6.07) is 0. The molecule has 0 fully saturated rings. The molecule has 1 atom stereocenters. The fourth-order valence-electron chi connectivity index (χ4n) is 0.187. The van der Waals surface area contributed by atoms with E-state index in [4.69, 9.17) is 10.2 Å². The van der Waals surface area contributed by atoms with Gasteiger partial charge in [-0.3, -0.25) is 0 Å². The second-order valence-electron chi connectivity index (χ2n) is 1.83. The van der Waals surface area contributed by atoms with Gasteiger partial charge in [0.2, 0.25) is 0 Å². The van der Waals surface area contributed by atoms with Crippen LogP contribution in [0.3, 0.4) is 0 Å². The average Bonchev–Trinajstić information content (AvgIpc) is 1.89. The maximum Gasteiger partial charge on any atom is 0.0533 e. The Hall–Kier alpha value is -0.600. The van der Waals surface area contributed by atoms with Crippen molar-refractivity contribution >= 4 is 0 Å². The third kappa shape index (κ3) is 26.2. The van der Waals surface area contributed by atoms with Gasteiger partial charge in [0, 0.05) is 6.61 Å². The van der Waals surface area contributed by atoms with Crippen molar-refractivity contribution in [3.8, 4) is 0 Å². The summed E-state index contributed by atoms with van der Waals surface area (Å²) in [5.41, 5.74) is 0. The molecule has 2 heteroatoms. The second-order valence-corrected chi connectivity index (χ2v) is 1.83. The van der Waals surface area contributed by atoms with Crippen LogP contribution in [0.1, 0.15) is 13.3 Å². The van der Waals surface area contributed by atoms with E-state index in [0.29, 0.717) is 6.42 Å². The zero-order valence-electron chi connectivity index (χ0n) is 6.45. The molecule has 2 nitrogen and oxygen atoms in total. The van der Waals surface area contributed by atoms with Crippen LogP contribution in [0.25, 0.3) is 0 Å². The Morgan fingerprint density at radius 3 is 1.80 bits per heavy atom. The number of allylic oxidation sites excluding steroid dienone is 2. The van der Waals surface area contributed by atoms with Crippen molar-refractivity contribution in [1.82, 2.24) is 0 Å². The predicted octanol–water partition coefficient (Wildman–Crippen LogP) is 1.11. The fourth-order valence-corrected chi connectivity index (χ4v) is 0.187. The van der Waals surface area contributed by atoms with E-state index < -0.39 is 0 Å². The minimum atomic E-state index is -0.352. The number of aliphatic hydroxyl groups excluding tert-OH is 2. The lowest BCUT2D eigenvalue weighted by atomic mass is 10.3. The van der Waals surface area contributed by atoms with E-state index in [9.17, 15) is 0 Å². The molecular formula is C8H16O2. The Morgan fingerprint density at radius 1 is 1.40 bits per heavy atom. The number of aliphatic hydroxyl groups is 2. The van der Waals surface area contributed by atoms with Crippen molar-refractivity contribution in [1.29, 1.82) is 0 Å². The van der Waals surface area contributed by atoms with E-state index in [1.807, 2.05) is 0 Å². The standard InChI is InChI=1S/C4H10O2.C4H6/c1-4(6)2-3-5;1-3-4-2/h4-6H,2-3H2,1H3;3-4H,1-2H2. The molecule has 0 saturated carbocycles. The predicted molar refractivity (Wildman–Crippen MR) is 43.8 cm³/mol. The summed E-state index contributed by atoms with van der Waals surface area (Å²) in [5, 5.41) is 16.5. The molecule has 0 aliphatic heterocycles.